The first-order valence-electron chi connectivity index (χ1n) is 5.23. The zero-order valence-corrected chi connectivity index (χ0v) is 10.8. The van der Waals surface area contributed by atoms with E-state index >= 15 is 0 Å². The first-order valence-corrected chi connectivity index (χ1v) is 7.75. The SMILES string of the molecule is CC(C)CO[P+](C)(C)Oc1ccccc1. The summed E-state index contributed by atoms with van der Waals surface area (Å²) in [6.45, 7) is 9.13. The highest BCUT2D eigenvalue weighted by Gasteiger charge is 2.30. The minimum absolute atomic E-state index is 0.545. The van der Waals surface area contributed by atoms with Gasteiger partial charge in [0.1, 0.15) is 13.3 Å². The molecule has 3 heteroatoms. The lowest BCUT2D eigenvalue weighted by Crippen LogP contribution is -2.07. The zero-order chi connectivity index (χ0) is 11.3. The number of para-hydroxylation sites is 1. The van der Waals surface area contributed by atoms with Gasteiger partial charge in [0, 0.05) is 0 Å². The third kappa shape index (κ3) is 5.15. The molecule has 0 spiro atoms. The summed E-state index contributed by atoms with van der Waals surface area (Å²) in [4.78, 5) is 0. The molecule has 84 valence electrons. The lowest BCUT2D eigenvalue weighted by atomic mass is 10.2. The standard InChI is InChI=1S/C12H20O2P/c1-11(2)10-13-15(3,4)14-12-8-6-5-7-9-12/h5-9,11H,10H2,1-4H3/q+1. The highest BCUT2D eigenvalue weighted by atomic mass is 31.2. The average Bonchev–Trinajstić information content (AvgIpc) is 2.16. The van der Waals surface area contributed by atoms with Crippen LogP contribution in [0.3, 0.4) is 0 Å². The Labute approximate surface area is 93.1 Å². The summed E-state index contributed by atoms with van der Waals surface area (Å²) in [6.07, 6.45) is 0. The fourth-order valence-corrected chi connectivity index (χ4v) is 2.43. The van der Waals surface area contributed by atoms with Crippen molar-refractivity contribution in [1.82, 2.24) is 0 Å². The van der Waals surface area contributed by atoms with E-state index < -0.39 is 7.72 Å². The normalized spacial score (nSPS) is 11.8. The van der Waals surface area contributed by atoms with Gasteiger partial charge in [-0.25, -0.2) is 0 Å². The van der Waals surface area contributed by atoms with Crippen LogP contribution in [-0.4, -0.2) is 19.9 Å². The molecule has 15 heavy (non-hydrogen) atoms. The molecule has 1 aromatic carbocycles. The average molecular weight is 227 g/mol. The quantitative estimate of drug-likeness (QED) is 0.711. The predicted octanol–water partition coefficient (Wildman–Crippen LogP) is 3.85. The van der Waals surface area contributed by atoms with Crippen LogP contribution in [0.5, 0.6) is 5.75 Å². The molecule has 0 radical (unpaired) electrons. The van der Waals surface area contributed by atoms with Crippen molar-refractivity contribution in [1.29, 1.82) is 0 Å². The van der Waals surface area contributed by atoms with Crippen LogP contribution in [0.2, 0.25) is 0 Å². The maximum absolute atomic E-state index is 5.84. The summed E-state index contributed by atoms with van der Waals surface area (Å²) in [5.41, 5.74) is 0. The molecule has 1 rings (SSSR count). The Balaban J connectivity index is 2.49. The molecular formula is C12H20O2P+. The number of rotatable bonds is 5. The third-order valence-corrected chi connectivity index (χ3v) is 3.21. The van der Waals surface area contributed by atoms with Crippen LogP contribution in [-0.2, 0) is 4.52 Å². The molecule has 0 N–H and O–H groups in total. The van der Waals surface area contributed by atoms with Crippen molar-refractivity contribution < 1.29 is 9.05 Å². The van der Waals surface area contributed by atoms with Gasteiger partial charge in [-0.3, -0.25) is 0 Å². The Morgan fingerprint density at radius 1 is 1.13 bits per heavy atom. The van der Waals surface area contributed by atoms with Crippen molar-refractivity contribution in [2.75, 3.05) is 19.9 Å². The topological polar surface area (TPSA) is 18.5 Å². The van der Waals surface area contributed by atoms with Crippen LogP contribution in [0.4, 0.5) is 0 Å². The van der Waals surface area contributed by atoms with Gasteiger partial charge in [-0.15, -0.1) is 0 Å². The van der Waals surface area contributed by atoms with E-state index in [2.05, 4.69) is 13.8 Å². The molecule has 2 nitrogen and oxygen atoms in total. The summed E-state index contributed by atoms with van der Waals surface area (Å²) in [6, 6.07) is 9.84. The van der Waals surface area contributed by atoms with E-state index in [0.717, 1.165) is 12.4 Å². The highest BCUT2D eigenvalue weighted by Crippen LogP contribution is 2.53. The lowest BCUT2D eigenvalue weighted by Gasteiger charge is -2.17. The number of hydrogen-bond acceptors (Lipinski definition) is 2. The van der Waals surface area contributed by atoms with E-state index in [1.807, 2.05) is 43.7 Å². The molecule has 0 unspecified atom stereocenters. The largest absolute Gasteiger partial charge is 0.320 e. The van der Waals surface area contributed by atoms with Gasteiger partial charge in [-0.1, -0.05) is 32.0 Å². The summed E-state index contributed by atoms with van der Waals surface area (Å²) < 4.78 is 11.6. The Morgan fingerprint density at radius 3 is 2.27 bits per heavy atom. The van der Waals surface area contributed by atoms with Crippen molar-refractivity contribution in [2.24, 2.45) is 5.92 Å². The predicted molar refractivity (Wildman–Crippen MR) is 66.6 cm³/mol. The molecule has 0 aromatic heterocycles. The molecule has 0 saturated carbocycles. The van der Waals surface area contributed by atoms with Gasteiger partial charge in [0.15, 0.2) is 5.75 Å². The second-order valence-electron chi connectivity index (χ2n) is 4.35. The minimum Gasteiger partial charge on any atom is -0.320 e. The zero-order valence-electron chi connectivity index (χ0n) is 9.93. The third-order valence-electron chi connectivity index (χ3n) is 1.79. The Kier molecular flexibility index (Phi) is 4.56. The van der Waals surface area contributed by atoms with Gasteiger partial charge in [0.2, 0.25) is 0 Å². The molecule has 0 bridgehead atoms. The van der Waals surface area contributed by atoms with Crippen molar-refractivity contribution in [3.63, 3.8) is 0 Å². The Hall–Kier alpha value is -0.590. The smallest absolute Gasteiger partial charge is 0.313 e. The van der Waals surface area contributed by atoms with E-state index in [1.54, 1.807) is 0 Å². The molecule has 0 aliphatic heterocycles. The summed E-state index contributed by atoms with van der Waals surface area (Å²) in [5.74, 6) is 1.43. The molecular weight excluding hydrogens is 207 g/mol. The first-order chi connectivity index (χ1) is 6.99. The first kappa shape index (κ1) is 12.5. The summed E-state index contributed by atoms with van der Waals surface area (Å²) in [7, 11) is -1.72. The van der Waals surface area contributed by atoms with Crippen LogP contribution < -0.4 is 4.52 Å². The lowest BCUT2D eigenvalue weighted by molar-refractivity contribution is 0.262. The Bertz CT molecular complexity index is 283. The molecule has 0 aliphatic carbocycles. The number of hydrogen-bond donors (Lipinski definition) is 0. The summed E-state index contributed by atoms with van der Waals surface area (Å²) in [5, 5.41) is 0. The van der Waals surface area contributed by atoms with Crippen molar-refractivity contribution >= 4 is 7.72 Å². The van der Waals surface area contributed by atoms with E-state index in [0.29, 0.717) is 5.92 Å². The molecule has 0 atom stereocenters. The van der Waals surface area contributed by atoms with Gasteiger partial charge < -0.3 is 4.52 Å². The molecule has 0 aliphatic rings. The monoisotopic (exact) mass is 227 g/mol. The van der Waals surface area contributed by atoms with Crippen LogP contribution in [0.15, 0.2) is 30.3 Å². The molecule has 0 saturated heterocycles. The fourth-order valence-electron chi connectivity index (χ4n) is 1.09. The van der Waals surface area contributed by atoms with Crippen molar-refractivity contribution in [2.45, 2.75) is 13.8 Å². The van der Waals surface area contributed by atoms with Crippen molar-refractivity contribution in [3.8, 4) is 5.75 Å². The van der Waals surface area contributed by atoms with Crippen molar-refractivity contribution in [3.05, 3.63) is 30.3 Å². The van der Waals surface area contributed by atoms with Crippen LogP contribution in [0.1, 0.15) is 13.8 Å². The molecule has 0 amide bonds. The summed E-state index contributed by atoms with van der Waals surface area (Å²) >= 11 is 0. The minimum atomic E-state index is -1.72. The second kappa shape index (κ2) is 5.48. The van der Waals surface area contributed by atoms with Crippen LogP contribution >= 0.6 is 7.72 Å². The van der Waals surface area contributed by atoms with E-state index in [9.17, 15) is 0 Å². The number of benzene rings is 1. The maximum Gasteiger partial charge on any atom is 0.313 e. The molecule has 0 heterocycles. The molecule has 1 aromatic rings. The maximum atomic E-state index is 5.84. The fraction of sp³-hybridized carbons (Fsp3) is 0.500. The molecule has 0 fully saturated rings. The van der Waals surface area contributed by atoms with E-state index in [4.69, 9.17) is 9.05 Å². The van der Waals surface area contributed by atoms with Crippen LogP contribution in [0.25, 0.3) is 0 Å². The van der Waals surface area contributed by atoms with Gasteiger partial charge in [0.25, 0.3) is 0 Å². The van der Waals surface area contributed by atoms with Crippen LogP contribution in [0, 0.1) is 5.92 Å². The second-order valence-corrected chi connectivity index (χ2v) is 7.29. The Morgan fingerprint density at radius 2 is 1.73 bits per heavy atom. The van der Waals surface area contributed by atoms with Gasteiger partial charge in [0.05, 0.1) is 6.61 Å². The van der Waals surface area contributed by atoms with E-state index in [1.165, 1.54) is 0 Å². The van der Waals surface area contributed by atoms with Gasteiger partial charge >= 0.3 is 7.72 Å². The van der Waals surface area contributed by atoms with Gasteiger partial charge in [-0.05, 0) is 18.1 Å². The van der Waals surface area contributed by atoms with Gasteiger partial charge in [-0.2, -0.15) is 4.52 Å². The van der Waals surface area contributed by atoms with E-state index in [-0.39, 0.29) is 0 Å². The highest BCUT2D eigenvalue weighted by molar-refractivity contribution is 7.65.